The van der Waals surface area contributed by atoms with Crippen LogP contribution in [0.2, 0.25) is 0 Å². The summed E-state index contributed by atoms with van der Waals surface area (Å²) in [6, 6.07) is 5.07. The Morgan fingerprint density at radius 1 is 1.21 bits per heavy atom. The third-order valence-electron chi connectivity index (χ3n) is 6.13. The maximum Gasteiger partial charge on any atom is 0.254 e. The Labute approximate surface area is 197 Å². The van der Waals surface area contributed by atoms with Crippen LogP contribution in [0.3, 0.4) is 0 Å². The number of imidazole rings is 1. The van der Waals surface area contributed by atoms with Gasteiger partial charge >= 0.3 is 0 Å². The number of hydrogen-bond acceptors (Lipinski definition) is 5. The highest BCUT2D eigenvalue weighted by Crippen LogP contribution is 2.32. The van der Waals surface area contributed by atoms with Crippen LogP contribution in [-0.2, 0) is 0 Å². The number of nitrogens with one attached hydrogen (secondary N) is 1. The van der Waals surface area contributed by atoms with Gasteiger partial charge in [0.05, 0.1) is 30.3 Å². The number of benzene rings is 1. The molecule has 0 unspecified atom stereocenters. The first kappa shape index (κ1) is 21.9. The highest BCUT2D eigenvalue weighted by Gasteiger charge is 2.26. The van der Waals surface area contributed by atoms with Crippen molar-refractivity contribution in [1.29, 1.82) is 0 Å². The average Bonchev–Trinajstić information content (AvgIpc) is 3.36. The highest BCUT2D eigenvalue weighted by atomic mass is 19.1. The molecule has 176 valence electrons. The van der Waals surface area contributed by atoms with Crippen molar-refractivity contribution in [3.8, 4) is 22.7 Å². The first-order valence-electron chi connectivity index (χ1n) is 11.2. The zero-order valence-electron chi connectivity index (χ0n) is 19.9. The molecule has 1 N–H and O–H groups in total. The number of nitrogens with zero attached hydrogens (tertiary/aromatic N) is 5. The molecule has 0 radical (unpaired) electrons. The van der Waals surface area contributed by atoms with E-state index in [2.05, 4.69) is 15.4 Å². The summed E-state index contributed by atoms with van der Waals surface area (Å²) in [5.74, 6) is 0.624. The largest absolute Gasteiger partial charge is 0.494 e. The van der Waals surface area contributed by atoms with Crippen LogP contribution in [0, 0.1) is 19.7 Å². The molecule has 0 spiro atoms. The summed E-state index contributed by atoms with van der Waals surface area (Å²) in [5, 5.41) is 7.44. The summed E-state index contributed by atoms with van der Waals surface area (Å²) in [7, 11) is 5.54. The molecule has 0 saturated heterocycles. The van der Waals surface area contributed by atoms with Crippen LogP contribution < -0.4 is 15.0 Å². The van der Waals surface area contributed by atoms with Gasteiger partial charge in [0.2, 0.25) is 0 Å². The summed E-state index contributed by atoms with van der Waals surface area (Å²) in [6.07, 6.45) is 7.45. The molecule has 1 amide bonds. The molecule has 3 aromatic heterocycles. The number of amides is 1. The molecule has 1 aromatic carbocycles. The van der Waals surface area contributed by atoms with Gasteiger partial charge in [0.25, 0.3) is 5.91 Å². The van der Waals surface area contributed by atoms with Gasteiger partial charge in [0, 0.05) is 44.2 Å². The van der Waals surface area contributed by atoms with E-state index in [1.165, 1.54) is 6.07 Å². The fourth-order valence-corrected chi connectivity index (χ4v) is 4.17. The lowest BCUT2D eigenvalue weighted by atomic mass is 9.99. The lowest BCUT2D eigenvalue weighted by Gasteiger charge is -2.17. The average molecular weight is 463 g/mol. The van der Waals surface area contributed by atoms with Crippen LogP contribution in [0.1, 0.15) is 34.5 Å². The number of aromatic nitrogens is 4. The molecule has 0 aliphatic heterocycles. The third kappa shape index (κ3) is 3.76. The van der Waals surface area contributed by atoms with Crippen LogP contribution in [0.5, 0.6) is 5.75 Å². The quantitative estimate of drug-likeness (QED) is 0.470. The summed E-state index contributed by atoms with van der Waals surface area (Å²) in [4.78, 5) is 19.2. The minimum Gasteiger partial charge on any atom is -0.494 e. The molecule has 9 heteroatoms. The maximum atomic E-state index is 14.6. The minimum absolute atomic E-state index is 0.0500. The predicted molar refractivity (Wildman–Crippen MR) is 129 cm³/mol. The van der Waals surface area contributed by atoms with Crippen molar-refractivity contribution in [1.82, 2.24) is 24.5 Å². The standard InChI is InChI=1S/C25H27FN6O2/c1-14-8-20(26)19(24(33)29-17-6-7-17)9-18(14)16-11-27-32(12-16)25-15(2)28-23-10-22(34-5)21(30(3)4)13-31(23)25/h8-13,17H,6-7H2,1-5H3,(H,29,33). The van der Waals surface area contributed by atoms with Crippen molar-refractivity contribution in [3.05, 3.63) is 59.4 Å². The van der Waals surface area contributed by atoms with Crippen LogP contribution >= 0.6 is 0 Å². The highest BCUT2D eigenvalue weighted by molar-refractivity contribution is 5.96. The summed E-state index contributed by atoms with van der Waals surface area (Å²) < 4.78 is 23.8. The molecule has 1 aliphatic carbocycles. The number of hydrogen-bond donors (Lipinski definition) is 1. The summed E-state index contributed by atoms with van der Waals surface area (Å²) in [6.45, 7) is 3.75. The molecule has 1 aliphatic rings. The van der Waals surface area contributed by atoms with Gasteiger partial charge in [-0.2, -0.15) is 5.10 Å². The Kier molecular flexibility index (Phi) is 5.27. The number of pyridine rings is 1. The minimum atomic E-state index is -0.519. The molecule has 1 saturated carbocycles. The van der Waals surface area contributed by atoms with E-state index >= 15 is 0 Å². The van der Waals surface area contributed by atoms with Gasteiger partial charge in [0.1, 0.15) is 17.2 Å². The molecule has 34 heavy (non-hydrogen) atoms. The number of halogens is 1. The lowest BCUT2D eigenvalue weighted by molar-refractivity contribution is 0.0947. The fraction of sp³-hybridized carbons (Fsp3) is 0.320. The summed E-state index contributed by atoms with van der Waals surface area (Å²) >= 11 is 0. The van der Waals surface area contributed by atoms with Gasteiger partial charge in [-0.15, -0.1) is 0 Å². The summed E-state index contributed by atoms with van der Waals surface area (Å²) in [5.41, 5.74) is 4.77. The lowest BCUT2D eigenvalue weighted by Crippen LogP contribution is -2.26. The Balaban J connectivity index is 1.58. The van der Waals surface area contributed by atoms with Crippen molar-refractivity contribution in [2.75, 3.05) is 26.1 Å². The second kappa shape index (κ2) is 8.16. The fourth-order valence-electron chi connectivity index (χ4n) is 4.17. The molecule has 5 rings (SSSR count). The molecular formula is C25H27FN6O2. The number of rotatable bonds is 6. The number of carbonyl (C=O) groups excluding carboxylic acids is 1. The zero-order chi connectivity index (χ0) is 24.1. The van der Waals surface area contributed by atoms with E-state index in [9.17, 15) is 9.18 Å². The van der Waals surface area contributed by atoms with E-state index in [0.717, 1.165) is 58.1 Å². The molecule has 1 fully saturated rings. The van der Waals surface area contributed by atoms with Gasteiger partial charge < -0.3 is 15.0 Å². The van der Waals surface area contributed by atoms with Crippen LogP contribution in [-0.4, -0.2) is 52.3 Å². The van der Waals surface area contributed by atoms with E-state index < -0.39 is 5.82 Å². The Morgan fingerprint density at radius 2 is 1.97 bits per heavy atom. The predicted octanol–water partition coefficient (Wildman–Crippen LogP) is 3.91. The van der Waals surface area contributed by atoms with Crippen LogP contribution in [0.4, 0.5) is 10.1 Å². The van der Waals surface area contributed by atoms with Crippen molar-refractivity contribution < 1.29 is 13.9 Å². The van der Waals surface area contributed by atoms with Crippen molar-refractivity contribution in [3.63, 3.8) is 0 Å². The third-order valence-corrected chi connectivity index (χ3v) is 6.13. The first-order valence-corrected chi connectivity index (χ1v) is 11.2. The SMILES string of the molecule is COc1cc2nc(C)c(-n3cc(-c4cc(C(=O)NC5CC5)c(F)cc4C)cn3)n2cc1N(C)C. The number of methoxy groups -OCH3 is 1. The van der Waals surface area contributed by atoms with Gasteiger partial charge in [-0.1, -0.05) is 0 Å². The molecular weight excluding hydrogens is 435 g/mol. The number of carbonyl (C=O) groups is 1. The number of aryl methyl sites for hydroxylation is 2. The van der Waals surface area contributed by atoms with Gasteiger partial charge in [0.15, 0.2) is 5.82 Å². The molecule has 4 aromatic rings. The van der Waals surface area contributed by atoms with E-state index in [-0.39, 0.29) is 17.5 Å². The molecule has 0 atom stereocenters. The number of ether oxygens (including phenoxy) is 1. The Bertz CT molecular complexity index is 1420. The second-order valence-electron chi connectivity index (χ2n) is 8.94. The van der Waals surface area contributed by atoms with Crippen LogP contribution in [0.25, 0.3) is 22.6 Å². The number of anilines is 1. The van der Waals surface area contributed by atoms with Gasteiger partial charge in [-0.25, -0.2) is 14.1 Å². The van der Waals surface area contributed by atoms with Gasteiger partial charge in [-0.3, -0.25) is 9.20 Å². The topological polar surface area (TPSA) is 76.7 Å². The first-order chi connectivity index (χ1) is 16.3. The number of fused-ring (bicyclic) bond motifs is 1. The normalized spacial score (nSPS) is 13.4. The van der Waals surface area contributed by atoms with Crippen LogP contribution in [0.15, 0.2) is 36.8 Å². The second-order valence-corrected chi connectivity index (χ2v) is 8.94. The Hall–Kier alpha value is -3.88. The molecule has 0 bridgehead atoms. The van der Waals surface area contributed by atoms with Crippen molar-refractivity contribution in [2.45, 2.75) is 32.7 Å². The van der Waals surface area contributed by atoms with Crippen molar-refractivity contribution in [2.24, 2.45) is 0 Å². The van der Waals surface area contributed by atoms with E-state index in [1.807, 2.05) is 55.7 Å². The van der Waals surface area contributed by atoms with E-state index in [0.29, 0.717) is 0 Å². The zero-order valence-corrected chi connectivity index (χ0v) is 19.9. The maximum absolute atomic E-state index is 14.6. The van der Waals surface area contributed by atoms with E-state index in [4.69, 9.17) is 4.74 Å². The van der Waals surface area contributed by atoms with Crippen molar-refractivity contribution >= 4 is 17.2 Å². The molecule has 8 nitrogen and oxygen atoms in total. The van der Waals surface area contributed by atoms with Gasteiger partial charge in [-0.05, 0) is 49.9 Å². The molecule has 3 heterocycles. The van der Waals surface area contributed by atoms with E-state index in [1.54, 1.807) is 24.1 Å². The Morgan fingerprint density at radius 3 is 2.65 bits per heavy atom. The monoisotopic (exact) mass is 462 g/mol. The smallest absolute Gasteiger partial charge is 0.254 e.